The summed E-state index contributed by atoms with van der Waals surface area (Å²) in [4.78, 5) is 2.11. The minimum absolute atomic E-state index is 0.173. The molecule has 1 N–H and O–H groups in total. The second-order valence-electron chi connectivity index (χ2n) is 5.31. The molecule has 0 saturated heterocycles. The maximum absolute atomic E-state index is 12.5. The topological polar surface area (TPSA) is 76.9 Å². The summed E-state index contributed by atoms with van der Waals surface area (Å²) in [5.41, 5.74) is 0. The Morgan fingerprint density at radius 3 is 2.48 bits per heavy atom. The van der Waals surface area contributed by atoms with Gasteiger partial charge in [-0.25, -0.2) is 13.1 Å². The quantitative estimate of drug-likeness (QED) is 0.915. The van der Waals surface area contributed by atoms with E-state index in [4.69, 9.17) is 0 Å². The smallest absolute Gasteiger partial charge is 0.242 e. The van der Waals surface area contributed by atoms with Crippen molar-refractivity contribution in [3.05, 3.63) is 28.0 Å². The summed E-state index contributed by atoms with van der Waals surface area (Å²) in [5, 5.41) is 7.90. The van der Waals surface area contributed by atoms with Crippen LogP contribution in [0.1, 0.15) is 48.4 Å². The highest BCUT2D eigenvalue weighted by Crippen LogP contribution is 2.26. The van der Waals surface area contributed by atoms with Gasteiger partial charge in [-0.2, -0.15) is 0 Å². The van der Waals surface area contributed by atoms with Gasteiger partial charge in [0.2, 0.25) is 10.0 Å². The second-order valence-corrected chi connectivity index (χ2v) is 8.45. The van der Waals surface area contributed by atoms with Gasteiger partial charge < -0.3 is 4.57 Å². The van der Waals surface area contributed by atoms with E-state index in [1.165, 1.54) is 11.3 Å². The summed E-state index contributed by atoms with van der Waals surface area (Å²) >= 11 is 1.48. The van der Waals surface area contributed by atoms with Gasteiger partial charge >= 0.3 is 0 Å². The summed E-state index contributed by atoms with van der Waals surface area (Å²) in [7, 11) is -3.56. The van der Waals surface area contributed by atoms with Crippen molar-refractivity contribution in [2.24, 2.45) is 0 Å². The van der Waals surface area contributed by atoms with Gasteiger partial charge in [0, 0.05) is 15.8 Å². The van der Waals surface area contributed by atoms with Crippen molar-refractivity contribution in [1.82, 2.24) is 19.5 Å². The Hall–Kier alpha value is -1.25. The van der Waals surface area contributed by atoms with Crippen LogP contribution in [0.2, 0.25) is 0 Å². The number of sulfonamides is 1. The minimum Gasteiger partial charge on any atom is -0.314 e. The molecule has 8 heteroatoms. The zero-order chi connectivity index (χ0) is 15.8. The third-order valence-electron chi connectivity index (χ3n) is 3.16. The fourth-order valence-electron chi connectivity index (χ4n) is 2.18. The summed E-state index contributed by atoms with van der Waals surface area (Å²) in [5.74, 6) is 0.609. The molecule has 0 fully saturated rings. The molecule has 0 unspecified atom stereocenters. The van der Waals surface area contributed by atoms with Gasteiger partial charge in [-0.15, -0.1) is 21.5 Å². The fraction of sp³-hybridized carbons (Fsp3) is 0.538. The maximum atomic E-state index is 12.5. The van der Waals surface area contributed by atoms with Crippen molar-refractivity contribution in [2.45, 2.75) is 51.6 Å². The Labute approximate surface area is 129 Å². The van der Waals surface area contributed by atoms with Gasteiger partial charge in [0.05, 0.1) is 10.9 Å². The van der Waals surface area contributed by atoms with Crippen LogP contribution < -0.4 is 4.72 Å². The highest BCUT2D eigenvalue weighted by Gasteiger charge is 2.24. The molecule has 0 aromatic carbocycles. The van der Waals surface area contributed by atoms with Crippen molar-refractivity contribution < 1.29 is 8.42 Å². The van der Waals surface area contributed by atoms with E-state index >= 15 is 0 Å². The van der Waals surface area contributed by atoms with Gasteiger partial charge in [-0.1, -0.05) is 0 Å². The van der Waals surface area contributed by atoms with Crippen LogP contribution >= 0.6 is 11.3 Å². The molecule has 0 aliphatic carbocycles. The molecule has 116 valence electrons. The number of nitrogens with zero attached hydrogens (tertiary/aromatic N) is 3. The molecule has 0 aliphatic rings. The second kappa shape index (κ2) is 5.86. The summed E-state index contributed by atoms with van der Waals surface area (Å²) in [6, 6.07) is 1.42. The summed E-state index contributed by atoms with van der Waals surface area (Å²) in [6.45, 7) is 9.49. The molecule has 2 heterocycles. The van der Waals surface area contributed by atoms with Crippen LogP contribution in [0.4, 0.5) is 0 Å². The average Bonchev–Trinajstić information content (AvgIpc) is 2.95. The highest BCUT2D eigenvalue weighted by atomic mass is 32.2. The number of nitrogens with one attached hydrogen (secondary N) is 1. The van der Waals surface area contributed by atoms with Crippen LogP contribution in [-0.4, -0.2) is 23.2 Å². The Morgan fingerprint density at radius 2 is 1.95 bits per heavy atom. The van der Waals surface area contributed by atoms with E-state index in [1.807, 2.05) is 32.3 Å². The maximum Gasteiger partial charge on any atom is 0.242 e. The van der Waals surface area contributed by atoms with Crippen molar-refractivity contribution in [3.8, 4) is 0 Å². The predicted molar refractivity (Wildman–Crippen MR) is 82.9 cm³/mol. The number of hydrogen-bond donors (Lipinski definition) is 1. The molecule has 1 atom stereocenters. The Kier molecular flexibility index (Phi) is 4.50. The molecule has 6 nitrogen and oxygen atoms in total. The molecular formula is C13H20N4O2S2. The molecule has 0 amide bonds. The lowest BCUT2D eigenvalue weighted by Gasteiger charge is -2.16. The van der Waals surface area contributed by atoms with Crippen molar-refractivity contribution in [3.63, 3.8) is 0 Å². The molecule has 2 rings (SSSR count). The Bertz CT molecular complexity index is 731. The lowest BCUT2D eigenvalue weighted by Crippen LogP contribution is -2.29. The first-order valence-corrected chi connectivity index (χ1v) is 9.01. The number of aromatic nitrogens is 3. The largest absolute Gasteiger partial charge is 0.314 e. The minimum atomic E-state index is -3.56. The van der Waals surface area contributed by atoms with E-state index in [2.05, 4.69) is 14.9 Å². The molecule has 0 spiro atoms. The third kappa shape index (κ3) is 3.33. The van der Waals surface area contributed by atoms with Gasteiger partial charge in [-0.3, -0.25) is 0 Å². The first-order valence-electron chi connectivity index (χ1n) is 6.71. The lowest BCUT2D eigenvalue weighted by molar-refractivity contribution is 0.514. The Morgan fingerprint density at radius 1 is 1.29 bits per heavy atom. The summed E-state index contributed by atoms with van der Waals surface area (Å²) in [6.07, 6.45) is 1.62. The zero-order valence-corrected chi connectivity index (χ0v) is 14.4. The van der Waals surface area contributed by atoms with E-state index in [9.17, 15) is 8.42 Å². The van der Waals surface area contributed by atoms with Gasteiger partial charge in [0.1, 0.15) is 6.33 Å². The first kappa shape index (κ1) is 16.1. The van der Waals surface area contributed by atoms with Crippen LogP contribution in [-0.2, 0) is 10.0 Å². The number of rotatable bonds is 5. The van der Waals surface area contributed by atoms with Gasteiger partial charge in [-0.05, 0) is 40.7 Å². The SMILES string of the molecule is Cc1cc(S(=O)(=O)N[C@H](C)c2nncn2C(C)C)c(C)s1. The molecular weight excluding hydrogens is 308 g/mol. The van der Waals surface area contributed by atoms with Crippen LogP contribution in [0.15, 0.2) is 17.3 Å². The number of aryl methyl sites for hydroxylation is 2. The molecule has 2 aromatic rings. The standard InChI is InChI=1S/C13H20N4O2S2/c1-8(2)17-7-14-15-13(17)10(4)16-21(18,19)12-6-9(3)20-11(12)5/h6-8,10,16H,1-5H3/t10-/m1/s1. The fourth-order valence-corrected chi connectivity index (χ4v) is 4.94. The highest BCUT2D eigenvalue weighted by molar-refractivity contribution is 7.89. The average molecular weight is 328 g/mol. The Balaban J connectivity index is 2.28. The van der Waals surface area contributed by atoms with Crippen molar-refractivity contribution in [1.29, 1.82) is 0 Å². The van der Waals surface area contributed by atoms with Crippen LogP contribution in [0.25, 0.3) is 0 Å². The molecule has 0 radical (unpaired) electrons. The first-order chi connectivity index (χ1) is 9.72. The predicted octanol–water partition coefficient (Wildman–Crippen LogP) is 2.58. The van der Waals surface area contributed by atoms with E-state index < -0.39 is 16.1 Å². The molecule has 2 aromatic heterocycles. The number of hydrogen-bond acceptors (Lipinski definition) is 5. The molecule has 0 aliphatic heterocycles. The third-order valence-corrected chi connectivity index (χ3v) is 5.92. The molecule has 0 bridgehead atoms. The van der Waals surface area contributed by atoms with Gasteiger partial charge in [0.15, 0.2) is 5.82 Å². The summed E-state index contributed by atoms with van der Waals surface area (Å²) < 4.78 is 29.5. The van der Waals surface area contributed by atoms with Crippen molar-refractivity contribution in [2.75, 3.05) is 0 Å². The van der Waals surface area contributed by atoms with Crippen molar-refractivity contribution >= 4 is 21.4 Å². The number of thiophene rings is 1. The normalized spacial score (nSPS) is 13.8. The van der Waals surface area contributed by atoms with Crippen LogP contribution in [0, 0.1) is 13.8 Å². The molecule has 21 heavy (non-hydrogen) atoms. The van der Waals surface area contributed by atoms with E-state index in [1.54, 1.807) is 19.3 Å². The van der Waals surface area contributed by atoms with E-state index in [0.29, 0.717) is 10.7 Å². The van der Waals surface area contributed by atoms with Crippen LogP contribution in [0.3, 0.4) is 0 Å². The molecule has 0 saturated carbocycles. The lowest BCUT2D eigenvalue weighted by atomic mass is 10.3. The monoisotopic (exact) mass is 328 g/mol. The van der Waals surface area contributed by atoms with E-state index in [0.717, 1.165) is 9.75 Å². The van der Waals surface area contributed by atoms with Crippen LogP contribution in [0.5, 0.6) is 0 Å². The van der Waals surface area contributed by atoms with E-state index in [-0.39, 0.29) is 6.04 Å². The van der Waals surface area contributed by atoms with Gasteiger partial charge in [0.25, 0.3) is 0 Å². The zero-order valence-electron chi connectivity index (χ0n) is 12.8.